The van der Waals surface area contributed by atoms with Crippen LogP contribution in [-0.2, 0) is 17.2 Å². The van der Waals surface area contributed by atoms with Crippen LogP contribution in [0.2, 0.25) is 0 Å². The van der Waals surface area contributed by atoms with Crippen molar-refractivity contribution >= 4 is 21.6 Å². The maximum Gasteiger partial charge on any atom is 0.0699 e. The zero-order valence-electron chi connectivity index (χ0n) is 14.0. The van der Waals surface area contributed by atoms with Gasteiger partial charge in [0.05, 0.1) is 22.7 Å². The lowest BCUT2D eigenvalue weighted by Gasteiger charge is -2.15. The second-order valence-corrected chi connectivity index (χ2v) is 7.75. The van der Waals surface area contributed by atoms with E-state index in [-0.39, 0.29) is 5.75 Å². The van der Waals surface area contributed by atoms with Crippen LogP contribution in [0.1, 0.15) is 16.7 Å². The average Bonchev–Trinajstić information content (AvgIpc) is 2.58. The third-order valence-electron chi connectivity index (χ3n) is 4.41. The van der Waals surface area contributed by atoms with Gasteiger partial charge in [0.15, 0.2) is 0 Å². The Labute approximate surface area is 145 Å². The first kappa shape index (κ1) is 16.9. The molecule has 0 radical (unpaired) electrons. The van der Waals surface area contributed by atoms with Gasteiger partial charge in [0.1, 0.15) is 0 Å². The van der Waals surface area contributed by atoms with E-state index in [2.05, 4.69) is 26.0 Å². The molecule has 0 aliphatic rings. The molecule has 0 saturated carbocycles. The predicted octanol–water partition coefficient (Wildman–Crippen LogP) is 4.17. The Morgan fingerprint density at radius 1 is 0.917 bits per heavy atom. The van der Waals surface area contributed by atoms with Crippen LogP contribution in [0, 0.1) is 13.8 Å². The largest absolute Gasteiger partial charge is 0.392 e. The Morgan fingerprint density at radius 3 is 2.29 bits per heavy atom. The minimum absolute atomic E-state index is 0.256. The smallest absolute Gasteiger partial charge is 0.0699 e. The van der Waals surface area contributed by atoms with Crippen LogP contribution in [0.15, 0.2) is 65.6 Å². The van der Waals surface area contributed by atoms with Gasteiger partial charge in [-0.25, -0.2) is 0 Å². The van der Waals surface area contributed by atoms with Crippen LogP contribution in [0.4, 0.5) is 0 Å². The van der Waals surface area contributed by atoms with Crippen molar-refractivity contribution in [1.29, 1.82) is 0 Å². The minimum atomic E-state index is -1.21. The molecule has 0 heterocycles. The molecule has 2 atom stereocenters. The number of hydrogen-bond acceptors (Lipinski definition) is 2. The Balaban J connectivity index is 1.73. The zero-order valence-corrected chi connectivity index (χ0v) is 14.8. The summed E-state index contributed by atoms with van der Waals surface area (Å²) in [7, 11) is -1.21. The summed E-state index contributed by atoms with van der Waals surface area (Å²) >= 11 is 0. The SMILES string of the molecule is Cc1cccc(C)c1C[C@H](O)CS(=O)c1ccc2ccccc2c1. The molecule has 3 rings (SSSR count). The molecule has 3 heteroatoms. The second kappa shape index (κ2) is 7.29. The molecule has 0 aliphatic heterocycles. The molecule has 0 aliphatic carbocycles. The van der Waals surface area contributed by atoms with Crippen molar-refractivity contribution in [2.75, 3.05) is 5.75 Å². The molecule has 0 saturated heterocycles. The van der Waals surface area contributed by atoms with Gasteiger partial charge in [-0.05, 0) is 59.9 Å². The molecular formula is C21H22O2S. The molecule has 3 aromatic carbocycles. The van der Waals surface area contributed by atoms with Crippen molar-refractivity contribution in [3.8, 4) is 0 Å². The molecule has 1 N–H and O–H groups in total. The molecule has 0 bridgehead atoms. The maximum absolute atomic E-state index is 12.6. The molecule has 124 valence electrons. The van der Waals surface area contributed by atoms with E-state index in [0.29, 0.717) is 6.42 Å². The highest BCUT2D eigenvalue weighted by molar-refractivity contribution is 7.85. The molecule has 0 aromatic heterocycles. The molecule has 0 spiro atoms. The fourth-order valence-corrected chi connectivity index (χ4v) is 4.18. The zero-order chi connectivity index (χ0) is 17.1. The van der Waals surface area contributed by atoms with E-state index >= 15 is 0 Å². The summed E-state index contributed by atoms with van der Waals surface area (Å²) in [5.74, 6) is 0.256. The van der Waals surface area contributed by atoms with Crippen LogP contribution in [0.25, 0.3) is 10.8 Å². The van der Waals surface area contributed by atoms with E-state index in [1.807, 2.05) is 48.5 Å². The Hall–Kier alpha value is -1.97. The molecule has 2 nitrogen and oxygen atoms in total. The summed E-state index contributed by atoms with van der Waals surface area (Å²) in [6, 6.07) is 20.0. The van der Waals surface area contributed by atoms with Crippen molar-refractivity contribution in [3.05, 3.63) is 77.4 Å². The Morgan fingerprint density at radius 2 is 1.58 bits per heavy atom. The van der Waals surface area contributed by atoms with Gasteiger partial charge in [-0.2, -0.15) is 0 Å². The first-order chi connectivity index (χ1) is 11.5. The lowest BCUT2D eigenvalue weighted by molar-refractivity contribution is 0.198. The van der Waals surface area contributed by atoms with Gasteiger partial charge in [0.25, 0.3) is 0 Å². The van der Waals surface area contributed by atoms with Gasteiger partial charge in [0.2, 0.25) is 0 Å². The van der Waals surface area contributed by atoms with Crippen LogP contribution in [-0.4, -0.2) is 21.2 Å². The van der Waals surface area contributed by atoms with Gasteiger partial charge >= 0.3 is 0 Å². The van der Waals surface area contributed by atoms with Crippen molar-refractivity contribution in [2.24, 2.45) is 0 Å². The van der Waals surface area contributed by atoms with E-state index in [0.717, 1.165) is 21.2 Å². The summed E-state index contributed by atoms with van der Waals surface area (Å²) in [4.78, 5) is 0.772. The van der Waals surface area contributed by atoms with Gasteiger partial charge in [-0.15, -0.1) is 0 Å². The predicted molar refractivity (Wildman–Crippen MR) is 101 cm³/mol. The highest BCUT2D eigenvalue weighted by Crippen LogP contribution is 2.20. The van der Waals surface area contributed by atoms with Gasteiger partial charge in [-0.1, -0.05) is 48.5 Å². The van der Waals surface area contributed by atoms with Crippen molar-refractivity contribution < 1.29 is 9.32 Å². The van der Waals surface area contributed by atoms with Gasteiger partial charge < -0.3 is 5.11 Å². The highest BCUT2D eigenvalue weighted by atomic mass is 32.2. The summed E-state index contributed by atoms with van der Waals surface area (Å²) in [5, 5.41) is 12.6. The number of aliphatic hydroxyl groups is 1. The fourth-order valence-electron chi connectivity index (χ4n) is 3.05. The number of hydrogen-bond donors (Lipinski definition) is 1. The number of aliphatic hydroxyl groups excluding tert-OH is 1. The molecule has 1 unspecified atom stereocenters. The van der Waals surface area contributed by atoms with Crippen LogP contribution >= 0.6 is 0 Å². The molecule has 3 aromatic rings. The standard InChI is InChI=1S/C21H22O2S/c1-15-6-5-7-16(2)21(15)13-19(22)14-24(23)20-11-10-17-8-3-4-9-18(17)12-20/h3-12,19,22H,13-14H2,1-2H3/t19-,24?/m0/s1. The summed E-state index contributed by atoms with van der Waals surface area (Å²) < 4.78 is 12.6. The minimum Gasteiger partial charge on any atom is -0.392 e. The van der Waals surface area contributed by atoms with E-state index in [4.69, 9.17) is 0 Å². The summed E-state index contributed by atoms with van der Waals surface area (Å²) in [6.45, 7) is 4.10. The fraction of sp³-hybridized carbons (Fsp3) is 0.238. The van der Waals surface area contributed by atoms with E-state index in [9.17, 15) is 9.32 Å². The van der Waals surface area contributed by atoms with E-state index < -0.39 is 16.9 Å². The van der Waals surface area contributed by atoms with Gasteiger partial charge in [-0.3, -0.25) is 4.21 Å². The van der Waals surface area contributed by atoms with Crippen molar-refractivity contribution in [2.45, 2.75) is 31.3 Å². The topological polar surface area (TPSA) is 37.3 Å². The van der Waals surface area contributed by atoms with Crippen LogP contribution < -0.4 is 0 Å². The number of aryl methyl sites for hydroxylation is 2. The molecule has 24 heavy (non-hydrogen) atoms. The lowest BCUT2D eigenvalue weighted by Crippen LogP contribution is -2.20. The Bertz CT molecular complexity index is 866. The monoisotopic (exact) mass is 338 g/mol. The normalized spacial score (nSPS) is 13.8. The number of rotatable bonds is 5. The first-order valence-electron chi connectivity index (χ1n) is 8.15. The van der Waals surface area contributed by atoms with Crippen molar-refractivity contribution in [1.82, 2.24) is 0 Å². The van der Waals surface area contributed by atoms with E-state index in [1.165, 1.54) is 11.1 Å². The third kappa shape index (κ3) is 3.74. The number of benzene rings is 3. The highest BCUT2D eigenvalue weighted by Gasteiger charge is 2.14. The van der Waals surface area contributed by atoms with E-state index in [1.54, 1.807) is 0 Å². The van der Waals surface area contributed by atoms with Gasteiger partial charge in [0, 0.05) is 4.90 Å². The molecular weight excluding hydrogens is 316 g/mol. The Kier molecular flexibility index (Phi) is 5.12. The van der Waals surface area contributed by atoms with Crippen molar-refractivity contribution in [3.63, 3.8) is 0 Å². The first-order valence-corrected chi connectivity index (χ1v) is 9.47. The molecule has 0 amide bonds. The molecule has 0 fully saturated rings. The van der Waals surface area contributed by atoms with Crippen LogP contribution in [0.5, 0.6) is 0 Å². The maximum atomic E-state index is 12.6. The summed E-state index contributed by atoms with van der Waals surface area (Å²) in [5.41, 5.74) is 3.50. The number of fused-ring (bicyclic) bond motifs is 1. The lowest BCUT2D eigenvalue weighted by atomic mass is 9.98. The quantitative estimate of drug-likeness (QED) is 0.758. The summed E-state index contributed by atoms with van der Waals surface area (Å²) in [6.07, 6.45) is -0.0743. The third-order valence-corrected chi connectivity index (χ3v) is 5.88. The average molecular weight is 338 g/mol. The van der Waals surface area contributed by atoms with Crippen LogP contribution in [0.3, 0.4) is 0 Å². The second-order valence-electron chi connectivity index (χ2n) is 6.25.